The minimum absolute atomic E-state index is 0.118. The van der Waals surface area contributed by atoms with Crippen LogP contribution in [0.1, 0.15) is 0 Å². The van der Waals surface area contributed by atoms with E-state index in [2.05, 4.69) is 0 Å². The predicted molar refractivity (Wildman–Crippen MR) is 57.7 cm³/mol. The number of nitrogens with one attached hydrogen (secondary N) is 1. The molecular weight excluding hydrogens is 240 g/mol. The number of hydrogen-bond acceptors (Lipinski definition) is 3. The molecule has 0 saturated heterocycles. The fraction of sp³-hybridized carbons (Fsp3) is 0.143. The molecule has 1 aromatic rings. The third-order valence-electron chi connectivity index (χ3n) is 1.59. The van der Waals surface area contributed by atoms with E-state index in [1.807, 2.05) is 4.72 Å². The van der Waals surface area contributed by atoms with Crippen molar-refractivity contribution >= 4 is 27.2 Å². The number of benzene rings is 1. The molecule has 15 heavy (non-hydrogen) atoms. The highest BCUT2D eigenvalue weighted by Gasteiger charge is 2.25. The second kappa shape index (κ2) is 4.71. The van der Waals surface area contributed by atoms with Gasteiger partial charge in [-0.1, -0.05) is 18.2 Å². The van der Waals surface area contributed by atoms with Crippen molar-refractivity contribution in [3.8, 4) is 0 Å². The van der Waals surface area contributed by atoms with Crippen LogP contribution in [-0.2, 0) is 21.5 Å². The largest absolute Gasteiger partial charge is 0.314 e. The molecule has 1 unspecified atom stereocenters. The van der Waals surface area contributed by atoms with Gasteiger partial charge < -0.3 is 0 Å². The molecule has 0 saturated carbocycles. The topological polar surface area (TPSA) is 86.7 Å². The molecule has 0 aromatic heterocycles. The van der Waals surface area contributed by atoms with Crippen LogP contribution in [0.2, 0.25) is 0 Å². The van der Waals surface area contributed by atoms with Crippen molar-refractivity contribution < 1.29 is 17.2 Å². The third kappa shape index (κ3) is 2.75. The van der Waals surface area contributed by atoms with E-state index in [4.69, 9.17) is 4.55 Å². The van der Waals surface area contributed by atoms with Crippen molar-refractivity contribution in [2.45, 2.75) is 0 Å². The molecular formula is C7H10N2O4S2. The quantitative estimate of drug-likeness (QED) is 0.742. The lowest BCUT2D eigenvalue weighted by molar-refractivity contribution is 0.559. The standard InChI is InChI=1S/C7H10N2O4S2/c1-8-15(12,13)9(14(10)11)7-5-3-2-4-6-7/h2-6,8H,1H3,(H,10,11). The average molecular weight is 250 g/mol. The van der Waals surface area contributed by atoms with E-state index in [-0.39, 0.29) is 5.69 Å². The van der Waals surface area contributed by atoms with Gasteiger partial charge in [0.1, 0.15) is 0 Å². The van der Waals surface area contributed by atoms with Crippen LogP contribution in [0.25, 0.3) is 0 Å². The van der Waals surface area contributed by atoms with Crippen molar-refractivity contribution in [3.05, 3.63) is 30.3 Å². The molecule has 0 aliphatic carbocycles. The molecule has 0 spiro atoms. The van der Waals surface area contributed by atoms with Gasteiger partial charge in [-0.15, -0.1) is 3.71 Å². The molecule has 0 radical (unpaired) electrons. The van der Waals surface area contributed by atoms with Gasteiger partial charge in [-0.2, -0.15) is 13.1 Å². The van der Waals surface area contributed by atoms with Crippen LogP contribution in [0.3, 0.4) is 0 Å². The van der Waals surface area contributed by atoms with Crippen LogP contribution < -0.4 is 8.43 Å². The lowest BCUT2D eigenvalue weighted by Gasteiger charge is -2.18. The highest BCUT2D eigenvalue weighted by atomic mass is 32.3. The van der Waals surface area contributed by atoms with E-state index in [0.29, 0.717) is 3.71 Å². The van der Waals surface area contributed by atoms with E-state index < -0.39 is 21.5 Å². The Labute approximate surface area is 90.5 Å². The molecule has 0 aliphatic rings. The second-order valence-corrected chi connectivity index (χ2v) is 5.28. The van der Waals surface area contributed by atoms with Crippen LogP contribution in [0.15, 0.2) is 30.3 Å². The lowest BCUT2D eigenvalue weighted by atomic mass is 10.3. The van der Waals surface area contributed by atoms with Crippen molar-refractivity contribution in [2.75, 3.05) is 10.8 Å². The first-order valence-corrected chi connectivity index (χ1v) is 6.39. The van der Waals surface area contributed by atoms with Crippen molar-refractivity contribution in [3.63, 3.8) is 0 Å². The molecule has 0 fully saturated rings. The monoisotopic (exact) mass is 250 g/mol. The maximum atomic E-state index is 11.4. The maximum absolute atomic E-state index is 11.4. The first kappa shape index (κ1) is 12.1. The first-order valence-electron chi connectivity index (χ1n) is 3.89. The van der Waals surface area contributed by atoms with Crippen LogP contribution in [-0.4, -0.2) is 24.2 Å². The van der Waals surface area contributed by atoms with Gasteiger partial charge in [0.05, 0.1) is 5.69 Å². The summed E-state index contributed by atoms with van der Waals surface area (Å²) in [5.74, 6) is 0. The first-order chi connectivity index (χ1) is 6.99. The molecule has 84 valence electrons. The van der Waals surface area contributed by atoms with E-state index in [1.54, 1.807) is 18.2 Å². The Kier molecular flexibility index (Phi) is 3.80. The third-order valence-corrected chi connectivity index (χ3v) is 4.21. The van der Waals surface area contributed by atoms with Crippen molar-refractivity contribution in [2.24, 2.45) is 0 Å². The summed E-state index contributed by atoms with van der Waals surface area (Å²) in [6, 6.07) is 7.65. The van der Waals surface area contributed by atoms with Gasteiger partial charge in [0, 0.05) is 7.05 Å². The molecule has 6 nitrogen and oxygen atoms in total. The smallest absolute Gasteiger partial charge is 0.288 e. The van der Waals surface area contributed by atoms with Gasteiger partial charge >= 0.3 is 10.2 Å². The van der Waals surface area contributed by atoms with Gasteiger partial charge in [0.15, 0.2) is 0 Å². The summed E-state index contributed by atoms with van der Waals surface area (Å²) in [7, 11) is -2.81. The Bertz CT molecular complexity index is 445. The second-order valence-electron chi connectivity index (χ2n) is 2.50. The lowest BCUT2D eigenvalue weighted by Crippen LogP contribution is -2.39. The van der Waals surface area contributed by atoms with E-state index in [9.17, 15) is 12.6 Å². The number of hydrogen-bond donors (Lipinski definition) is 2. The summed E-state index contributed by atoms with van der Waals surface area (Å²) in [5.41, 5.74) is 0.118. The highest BCUT2D eigenvalue weighted by molar-refractivity contribution is 8.04. The molecule has 0 bridgehead atoms. The summed E-state index contributed by atoms with van der Waals surface area (Å²) in [4.78, 5) is 0. The number of anilines is 1. The zero-order valence-corrected chi connectivity index (χ0v) is 9.46. The average Bonchev–Trinajstić information content (AvgIpc) is 2.18. The van der Waals surface area contributed by atoms with E-state index in [0.717, 1.165) is 7.05 Å². The summed E-state index contributed by atoms with van der Waals surface area (Å²) in [5, 5.41) is 0. The number of para-hydroxylation sites is 1. The summed E-state index contributed by atoms with van der Waals surface area (Å²) < 4.78 is 45.0. The van der Waals surface area contributed by atoms with Crippen LogP contribution >= 0.6 is 0 Å². The molecule has 8 heteroatoms. The molecule has 1 atom stereocenters. The van der Waals surface area contributed by atoms with Gasteiger partial charge in [0.25, 0.3) is 11.3 Å². The normalized spacial score (nSPS) is 13.5. The molecule has 1 aromatic carbocycles. The van der Waals surface area contributed by atoms with E-state index in [1.165, 1.54) is 12.1 Å². The van der Waals surface area contributed by atoms with Crippen LogP contribution in [0, 0.1) is 0 Å². The molecule has 2 N–H and O–H groups in total. The SMILES string of the molecule is CNS(=O)(=O)N(c1ccccc1)S(=O)O. The van der Waals surface area contributed by atoms with Crippen molar-refractivity contribution in [1.82, 2.24) is 4.72 Å². The van der Waals surface area contributed by atoms with Gasteiger partial charge in [-0.05, 0) is 12.1 Å². The number of rotatable bonds is 4. The predicted octanol–water partition coefficient (Wildman–Crippen LogP) is 0.0939. The molecule has 1 rings (SSSR count). The fourth-order valence-electron chi connectivity index (χ4n) is 0.946. The minimum Gasteiger partial charge on any atom is -0.288 e. The summed E-state index contributed by atoms with van der Waals surface area (Å²) in [6.07, 6.45) is 0. The zero-order valence-electron chi connectivity index (χ0n) is 7.82. The van der Waals surface area contributed by atoms with Gasteiger partial charge in [-0.3, -0.25) is 4.55 Å². The fourth-order valence-corrected chi connectivity index (χ4v) is 2.71. The summed E-state index contributed by atoms with van der Waals surface area (Å²) >= 11 is -2.64. The molecule has 0 amide bonds. The Balaban J connectivity index is 3.23. The molecule has 0 aliphatic heterocycles. The molecule has 0 heterocycles. The minimum atomic E-state index is -3.98. The Hall–Kier alpha value is -0.960. The van der Waals surface area contributed by atoms with Gasteiger partial charge in [0.2, 0.25) is 0 Å². The van der Waals surface area contributed by atoms with Crippen LogP contribution in [0.4, 0.5) is 5.69 Å². The highest BCUT2D eigenvalue weighted by Crippen LogP contribution is 2.17. The van der Waals surface area contributed by atoms with Crippen molar-refractivity contribution in [1.29, 1.82) is 0 Å². The Morgan fingerprint density at radius 3 is 2.27 bits per heavy atom. The zero-order chi connectivity index (χ0) is 11.5. The summed E-state index contributed by atoms with van der Waals surface area (Å²) in [6.45, 7) is 0. The Morgan fingerprint density at radius 2 is 1.87 bits per heavy atom. The number of nitrogens with zero attached hydrogens (tertiary/aromatic N) is 1. The van der Waals surface area contributed by atoms with Crippen LogP contribution in [0.5, 0.6) is 0 Å². The Morgan fingerprint density at radius 1 is 1.33 bits per heavy atom. The van der Waals surface area contributed by atoms with Gasteiger partial charge in [-0.25, -0.2) is 4.21 Å². The maximum Gasteiger partial charge on any atom is 0.314 e. The van der Waals surface area contributed by atoms with E-state index >= 15 is 0 Å².